The molecule has 27 heavy (non-hydrogen) atoms. The Bertz CT molecular complexity index is 738. The van der Waals surface area contributed by atoms with Gasteiger partial charge < -0.3 is 14.2 Å². The first kappa shape index (κ1) is 20.0. The second-order valence-corrected chi connectivity index (χ2v) is 5.38. The number of benzene rings is 2. The van der Waals surface area contributed by atoms with Crippen LogP contribution in [-0.2, 0) is 23.8 Å². The van der Waals surface area contributed by atoms with Gasteiger partial charge in [-0.25, -0.2) is 9.59 Å². The van der Waals surface area contributed by atoms with Gasteiger partial charge in [0.05, 0.1) is 13.2 Å². The van der Waals surface area contributed by atoms with Crippen molar-refractivity contribution in [3.63, 3.8) is 0 Å². The van der Waals surface area contributed by atoms with Gasteiger partial charge in [-0.15, -0.1) is 0 Å². The van der Waals surface area contributed by atoms with Crippen LogP contribution in [0.1, 0.15) is 25.0 Å². The van der Waals surface area contributed by atoms with Crippen LogP contribution in [0.5, 0.6) is 0 Å². The molecule has 0 radical (unpaired) electrons. The Balaban J connectivity index is 2.39. The Morgan fingerprint density at radius 3 is 1.41 bits per heavy atom. The van der Waals surface area contributed by atoms with Gasteiger partial charge in [0.15, 0.2) is 0 Å². The molecule has 0 saturated heterocycles. The molecule has 0 saturated carbocycles. The minimum Gasteiger partial charge on any atom is -0.460 e. The third-order valence-electron chi connectivity index (χ3n) is 3.37. The molecule has 2 aromatic rings. The monoisotopic (exact) mass is 366 g/mol. The SMILES string of the molecule is CCOC(=O)C(=Cc1ccccc1)OC(=Cc1ccccc1)C(=O)OCC. The van der Waals surface area contributed by atoms with E-state index in [0.29, 0.717) is 0 Å². The van der Waals surface area contributed by atoms with Crippen LogP contribution in [0.3, 0.4) is 0 Å². The van der Waals surface area contributed by atoms with Crippen molar-refractivity contribution >= 4 is 24.1 Å². The molecule has 0 N–H and O–H groups in total. The summed E-state index contributed by atoms with van der Waals surface area (Å²) >= 11 is 0. The van der Waals surface area contributed by atoms with Crippen LogP contribution in [-0.4, -0.2) is 25.2 Å². The van der Waals surface area contributed by atoms with Crippen molar-refractivity contribution < 1.29 is 23.8 Å². The number of carbonyl (C=O) groups excluding carboxylic acids is 2. The molecule has 0 spiro atoms. The number of hydrogen-bond acceptors (Lipinski definition) is 5. The Hall–Kier alpha value is -3.34. The summed E-state index contributed by atoms with van der Waals surface area (Å²) in [5.41, 5.74) is 1.48. The van der Waals surface area contributed by atoms with Gasteiger partial charge >= 0.3 is 11.9 Å². The highest BCUT2D eigenvalue weighted by Crippen LogP contribution is 2.17. The van der Waals surface area contributed by atoms with Crippen molar-refractivity contribution in [1.82, 2.24) is 0 Å². The molecule has 140 valence electrons. The highest BCUT2D eigenvalue weighted by atomic mass is 16.6. The minimum atomic E-state index is -0.662. The summed E-state index contributed by atoms with van der Waals surface area (Å²) in [6.07, 6.45) is 3.05. The van der Waals surface area contributed by atoms with Crippen LogP contribution in [0.25, 0.3) is 12.2 Å². The molecule has 2 rings (SSSR count). The van der Waals surface area contributed by atoms with E-state index in [-0.39, 0.29) is 24.7 Å². The zero-order chi connectivity index (χ0) is 19.5. The van der Waals surface area contributed by atoms with E-state index in [1.54, 1.807) is 13.8 Å². The number of carbonyl (C=O) groups is 2. The van der Waals surface area contributed by atoms with Crippen molar-refractivity contribution in [2.24, 2.45) is 0 Å². The molecule has 0 aliphatic heterocycles. The average Bonchev–Trinajstić information content (AvgIpc) is 2.69. The van der Waals surface area contributed by atoms with E-state index in [1.807, 2.05) is 60.7 Å². The Morgan fingerprint density at radius 2 is 1.07 bits per heavy atom. The van der Waals surface area contributed by atoms with Gasteiger partial charge in [0.2, 0.25) is 11.5 Å². The first-order valence-corrected chi connectivity index (χ1v) is 8.69. The Kier molecular flexibility index (Phi) is 7.85. The van der Waals surface area contributed by atoms with Gasteiger partial charge in [0, 0.05) is 0 Å². The smallest absolute Gasteiger partial charge is 0.374 e. The lowest BCUT2D eigenvalue weighted by molar-refractivity contribution is -0.144. The van der Waals surface area contributed by atoms with Gasteiger partial charge in [-0.05, 0) is 37.1 Å². The van der Waals surface area contributed by atoms with E-state index < -0.39 is 11.9 Å². The van der Waals surface area contributed by atoms with Crippen LogP contribution < -0.4 is 0 Å². The molecule has 5 nitrogen and oxygen atoms in total. The molecular weight excluding hydrogens is 344 g/mol. The van der Waals surface area contributed by atoms with Crippen LogP contribution in [0.2, 0.25) is 0 Å². The number of hydrogen-bond donors (Lipinski definition) is 0. The maximum atomic E-state index is 12.3. The molecular formula is C22H22O5. The fraction of sp³-hybridized carbons (Fsp3) is 0.182. The number of esters is 2. The molecule has 0 amide bonds. The Morgan fingerprint density at radius 1 is 0.704 bits per heavy atom. The molecule has 0 aliphatic rings. The van der Waals surface area contributed by atoms with Gasteiger partial charge in [0.25, 0.3) is 0 Å². The number of ether oxygens (including phenoxy) is 3. The lowest BCUT2D eigenvalue weighted by atomic mass is 10.2. The molecule has 0 aliphatic carbocycles. The van der Waals surface area contributed by atoms with Crippen LogP contribution in [0.4, 0.5) is 0 Å². The highest BCUT2D eigenvalue weighted by molar-refractivity contribution is 5.96. The predicted octanol–water partition coefficient (Wildman–Crippen LogP) is 4.21. The average molecular weight is 366 g/mol. The normalized spacial score (nSPS) is 11.6. The van der Waals surface area contributed by atoms with Gasteiger partial charge in [0.1, 0.15) is 0 Å². The maximum absolute atomic E-state index is 12.3. The van der Waals surface area contributed by atoms with E-state index in [9.17, 15) is 9.59 Å². The van der Waals surface area contributed by atoms with E-state index in [2.05, 4.69) is 0 Å². The first-order chi connectivity index (χ1) is 13.1. The maximum Gasteiger partial charge on any atom is 0.374 e. The van der Waals surface area contributed by atoms with Crippen molar-refractivity contribution in [3.05, 3.63) is 83.3 Å². The summed E-state index contributed by atoms with van der Waals surface area (Å²) in [6.45, 7) is 3.77. The fourth-order valence-corrected chi connectivity index (χ4v) is 2.18. The summed E-state index contributed by atoms with van der Waals surface area (Å²) in [6, 6.07) is 18.3. The van der Waals surface area contributed by atoms with Crippen molar-refractivity contribution in [3.8, 4) is 0 Å². The van der Waals surface area contributed by atoms with E-state index in [0.717, 1.165) is 11.1 Å². The third-order valence-corrected chi connectivity index (χ3v) is 3.37. The second kappa shape index (κ2) is 10.6. The zero-order valence-corrected chi connectivity index (χ0v) is 15.4. The minimum absolute atomic E-state index is 0.0988. The highest BCUT2D eigenvalue weighted by Gasteiger charge is 2.20. The predicted molar refractivity (Wildman–Crippen MR) is 103 cm³/mol. The van der Waals surface area contributed by atoms with Crippen LogP contribution >= 0.6 is 0 Å². The van der Waals surface area contributed by atoms with Gasteiger partial charge in [-0.1, -0.05) is 60.7 Å². The molecule has 5 heteroatoms. The van der Waals surface area contributed by atoms with E-state index >= 15 is 0 Å². The molecule has 0 heterocycles. The lowest BCUT2D eigenvalue weighted by Crippen LogP contribution is -2.16. The van der Waals surface area contributed by atoms with Gasteiger partial charge in [-0.2, -0.15) is 0 Å². The van der Waals surface area contributed by atoms with Crippen molar-refractivity contribution in [1.29, 1.82) is 0 Å². The Labute approximate surface area is 158 Å². The summed E-state index contributed by atoms with van der Waals surface area (Å²) in [5.74, 6) is -1.52. The number of rotatable bonds is 8. The summed E-state index contributed by atoms with van der Waals surface area (Å²) in [5, 5.41) is 0. The summed E-state index contributed by atoms with van der Waals surface area (Å²) < 4.78 is 15.8. The fourth-order valence-electron chi connectivity index (χ4n) is 2.18. The summed E-state index contributed by atoms with van der Waals surface area (Å²) in [4.78, 5) is 24.6. The molecule has 0 aromatic heterocycles. The van der Waals surface area contributed by atoms with E-state index in [1.165, 1.54) is 12.2 Å². The first-order valence-electron chi connectivity index (χ1n) is 8.69. The zero-order valence-electron chi connectivity index (χ0n) is 15.4. The van der Waals surface area contributed by atoms with Crippen LogP contribution in [0, 0.1) is 0 Å². The van der Waals surface area contributed by atoms with Gasteiger partial charge in [-0.3, -0.25) is 0 Å². The molecule has 0 bridgehead atoms. The second-order valence-electron chi connectivity index (χ2n) is 5.38. The summed E-state index contributed by atoms with van der Waals surface area (Å²) in [7, 11) is 0. The van der Waals surface area contributed by atoms with Crippen LogP contribution in [0.15, 0.2) is 72.2 Å². The lowest BCUT2D eigenvalue weighted by Gasteiger charge is -2.12. The van der Waals surface area contributed by atoms with Crippen molar-refractivity contribution in [2.75, 3.05) is 13.2 Å². The molecule has 0 fully saturated rings. The molecule has 2 aromatic carbocycles. The largest absolute Gasteiger partial charge is 0.460 e. The molecule has 0 unspecified atom stereocenters. The van der Waals surface area contributed by atoms with Crippen molar-refractivity contribution in [2.45, 2.75) is 13.8 Å². The molecule has 0 atom stereocenters. The third kappa shape index (κ3) is 6.47. The topological polar surface area (TPSA) is 61.8 Å². The van der Waals surface area contributed by atoms with E-state index in [4.69, 9.17) is 14.2 Å². The standard InChI is InChI=1S/C22H22O5/c1-3-25-21(23)19(15-17-11-7-5-8-12-17)27-20(22(24)26-4-2)16-18-13-9-6-10-14-18/h5-16H,3-4H2,1-2H3. The quantitative estimate of drug-likeness (QED) is 0.398.